The van der Waals surface area contributed by atoms with Crippen molar-refractivity contribution in [1.29, 1.82) is 0 Å². The number of fused-ring (bicyclic) bond motifs is 1. The molecule has 8 heteroatoms. The van der Waals surface area contributed by atoms with Crippen LogP contribution in [0.1, 0.15) is 23.0 Å². The Kier molecular flexibility index (Phi) is 4.82. The second-order valence-corrected chi connectivity index (χ2v) is 6.43. The van der Waals surface area contributed by atoms with Gasteiger partial charge in [0.25, 0.3) is 0 Å². The SMILES string of the molecule is CCOC(=O)c1[nH]c2ccccc2c1-c1c([N+](=O)[O-])ncn1Cc1ccccc1. The molecule has 0 amide bonds. The highest BCUT2D eigenvalue weighted by Crippen LogP contribution is 2.38. The number of imidazole rings is 1. The number of H-pyrrole nitrogens is 1. The van der Waals surface area contributed by atoms with Crippen LogP contribution in [0.5, 0.6) is 0 Å². The highest BCUT2D eigenvalue weighted by atomic mass is 16.6. The van der Waals surface area contributed by atoms with Crippen LogP contribution in [0.15, 0.2) is 60.9 Å². The number of hydrogen-bond acceptors (Lipinski definition) is 5. The molecule has 0 saturated heterocycles. The van der Waals surface area contributed by atoms with Crippen LogP contribution in [-0.2, 0) is 11.3 Å². The molecule has 0 fully saturated rings. The van der Waals surface area contributed by atoms with E-state index in [1.54, 1.807) is 11.5 Å². The summed E-state index contributed by atoms with van der Waals surface area (Å²) in [5.74, 6) is -0.878. The zero-order valence-electron chi connectivity index (χ0n) is 15.7. The van der Waals surface area contributed by atoms with Gasteiger partial charge in [-0.2, -0.15) is 0 Å². The number of carbonyl (C=O) groups excluding carboxylic acids is 1. The zero-order chi connectivity index (χ0) is 20.4. The van der Waals surface area contributed by atoms with Crippen molar-refractivity contribution in [3.63, 3.8) is 0 Å². The normalized spacial score (nSPS) is 10.9. The third-order valence-corrected chi connectivity index (χ3v) is 4.61. The average molecular weight is 390 g/mol. The molecular formula is C21H18N4O4. The van der Waals surface area contributed by atoms with Crippen molar-refractivity contribution in [1.82, 2.24) is 14.5 Å². The van der Waals surface area contributed by atoms with E-state index in [2.05, 4.69) is 9.97 Å². The lowest BCUT2D eigenvalue weighted by Gasteiger charge is -2.09. The number of benzene rings is 2. The van der Waals surface area contributed by atoms with Crippen LogP contribution in [-0.4, -0.2) is 32.0 Å². The summed E-state index contributed by atoms with van der Waals surface area (Å²) in [5.41, 5.74) is 2.50. The first-order valence-electron chi connectivity index (χ1n) is 9.11. The van der Waals surface area contributed by atoms with Gasteiger partial charge in [0.1, 0.15) is 5.69 Å². The Balaban J connectivity index is 1.97. The minimum Gasteiger partial charge on any atom is -0.461 e. The van der Waals surface area contributed by atoms with Gasteiger partial charge >= 0.3 is 11.8 Å². The second-order valence-electron chi connectivity index (χ2n) is 6.43. The van der Waals surface area contributed by atoms with Crippen LogP contribution >= 0.6 is 0 Å². The Hall–Kier alpha value is -3.94. The van der Waals surface area contributed by atoms with Crippen LogP contribution in [0.3, 0.4) is 0 Å². The molecule has 2 aromatic heterocycles. The van der Waals surface area contributed by atoms with Crippen molar-refractivity contribution in [3.8, 4) is 11.3 Å². The maximum atomic E-state index is 12.6. The molecule has 2 heterocycles. The van der Waals surface area contributed by atoms with E-state index in [1.165, 1.54) is 6.33 Å². The second kappa shape index (κ2) is 7.59. The molecule has 0 atom stereocenters. The van der Waals surface area contributed by atoms with Crippen LogP contribution in [0.25, 0.3) is 22.2 Å². The summed E-state index contributed by atoms with van der Waals surface area (Å²) in [5, 5.41) is 12.4. The van der Waals surface area contributed by atoms with Crippen molar-refractivity contribution < 1.29 is 14.5 Å². The maximum Gasteiger partial charge on any atom is 0.389 e. The third kappa shape index (κ3) is 3.36. The van der Waals surface area contributed by atoms with Crippen LogP contribution in [0.2, 0.25) is 0 Å². The molecule has 29 heavy (non-hydrogen) atoms. The molecule has 0 aliphatic rings. The van der Waals surface area contributed by atoms with Crippen LogP contribution in [0, 0.1) is 10.1 Å². The van der Waals surface area contributed by atoms with E-state index >= 15 is 0 Å². The summed E-state index contributed by atoms with van der Waals surface area (Å²) in [6.07, 6.45) is 1.43. The van der Waals surface area contributed by atoms with E-state index in [9.17, 15) is 14.9 Å². The number of aromatic nitrogens is 3. The van der Waals surface area contributed by atoms with Gasteiger partial charge in [0.2, 0.25) is 6.33 Å². The highest BCUT2D eigenvalue weighted by molar-refractivity contribution is 6.08. The fourth-order valence-corrected chi connectivity index (χ4v) is 3.40. The molecule has 1 N–H and O–H groups in total. The summed E-state index contributed by atoms with van der Waals surface area (Å²) in [4.78, 5) is 30.9. The van der Waals surface area contributed by atoms with Gasteiger partial charge in [0.15, 0.2) is 5.69 Å². The van der Waals surface area contributed by atoms with Crippen molar-refractivity contribution in [3.05, 3.63) is 82.3 Å². The molecule has 0 unspecified atom stereocenters. The van der Waals surface area contributed by atoms with Gasteiger partial charge in [-0.05, 0) is 28.5 Å². The van der Waals surface area contributed by atoms with Crippen molar-refractivity contribution >= 4 is 22.7 Å². The Morgan fingerprint density at radius 2 is 1.90 bits per heavy atom. The first-order chi connectivity index (χ1) is 14.1. The molecule has 146 valence electrons. The number of nitrogens with zero attached hydrogens (tertiary/aromatic N) is 3. The van der Waals surface area contributed by atoms with Gasteiger partial charge in [-0.3, -0.25) is 4.57 Å². The maximum absolute atomic E-state index is 12.6. The van der Waals surface area contributed by atoms with Crippen LogP contribution < -0.4 is 0 Å². The molecule has 0 spiro atoms. The predicted molar refractivity (Wildman–Crippen MR) is 108 cm³/mol. The minimum absolute atomic E-state index is 0.172. The molecular weight excluding hydrogens is 372 g/mol. The molecule has 0 saturated carbocycles. The lowest BCUT2D eigenvalue weighted by molar-refractivity contribution is -0.388. The molecule has 0 aliphatic heterocycles. The standard InChI is InChI=1S/C21H18N4O4/c1-2-29-21(26)18-17(15-10-6-7-11-16(15)23-18)19-20(25(27)28)22-13-24(19)12-14-8-4-3-5-9-14/h3-11,13,23H,2,12H2,1H3. The zero-order valence-corrected chi connectivity index (χ0v) is 15.7. The van der Waals surface area contributed by atoms with E-state index < -0.39 is 10.9 Å². The predicted octanol–water partition coefficient (Wildman–Crippen LogP) is 4.16. The Morgan fingerprint density at radius 3 is 2.62 bits per heavy atom. The topological polar surface area (TPSA) is 103 Å². The van der Waals surface area contributed by atoms with E-state index in [0.717, 1.165) is 5.56 Å². The van der Waals surface area contributed by atoms with E-state index in [1.807, 2.05) is 54.6 Å². The van der Waals surface area contributed by atoms with Crippen LogP contribution in [0.4, 0.5) is 5.82 Å². The first kappa shape index (κ1) is 18.4. The molecule has 0 aliphatic carbocycles. The number of hydrogen-bond donors (Lipinski definition) is 1. The summed E-state index contributed by atoms with van der Waals surface area (Å²) in [7, 11) is 0. The largest absolute Gasteiger partial charge is 0.461 e. The molecule has 2 aromatic carbocycles. The lowest BCUT2D eigenvalue weighted by atomic mass is 10.1. The fourth-order valence-electron chi connectivity index (χ4n) is 3.40. The Labute approximate surface area is 165 Å². The van der Waals surface area contributed by atoms with Crippen molar-refractivity contribution in [2.24, 2.45) is 0 Å². The summed E-state index contributed by atoms with van der Waals surface area (Å²) >= 11 is 0. The van der Waals surface area contributed by atoms with E-state index in [0.29, 0.717) is 23.0 Å². The third-order valence-electron chi connectivity index (χ3n) is 4.61. The monoisotopic (exact) mass is 390 g/mol. The molecule has 0 radical (unpaired) electrons. The number of nitrogens with one attached hydrogen (secondary N) is 1. The molecule has 8 nitrogen and oxygen atoms in total. The summed E-state index contributed by atoms with van der Waals surface area (Å²) < 4.78 is 6.87. The number of aromatic amines is 1. The Bertz CT molecular complexity index is 1190. The Morgan fingerprint density at radius 1 is 1.17 bits per heavy atom. The quantitative estimate of drug-likeness (QED) is 0.302. The number of ether oxygens (including phenoxy) is 1. The smallest absolute Gasteiger partial charge is 0.389 e. The number of esters is 1. The van der Waals surface area contributed by atoms with Crippen molar-refractivity contribution in [2.45, 2.75) is 13.5 Å². The number of para-hydroxylation sites is 1. The van der Waals surface area contributed by atoms with Gasteiger partial charge in [-0.15, -0.1) is 0 Å². The summed E-state index contributed by atoms with van der Waals surface area (Å²) in [6, 6.07) is 16.8. The van der Waals surface area contributed by atoms with Gasteiger partial charge in [0, 0.05) is 16.5 Å². The molecule has 4 aromatic rings. The van der Waals surface area contributed by atoms with Gasteiger partial charge in [0.05, 0.1) is 13.2 Å². The highest BCUT2D eigenvalue weighted by Gasteiger charge is 2.30. The average Bonchev–Trinajstić information content (AvgIpc) is 3.30. The number of nitro groups is 1. The van der Waals surface area contributed by atoms with Gasteiger partial charge < -0.3 is 19.8 Å². The van der Waals surface area contributed by atoms with Crippen molar-refractivity contribution in [2.75, 3.05) is 6.61 Å². The minimum atomic E-state index is -0.569. The fraction of sp³-hybridized carbons (Fsp3) is 0.143. The van der Waals surface area contributed by atoms with Gasteiger partial charge in [-0.1, -0.05) is 48.5 Å². The molecule has 4 rings (SSSR count). The van der Waals surface area contributed by atoms with E-state index in [-0.39, 0.29) is 23.8 Å². The number of rotatable bonds is 6. The summed E-state index contributed by atoms with van der Waals surface area (Å²) in [6.45, 7) is 2.28. The lowest BCUT2D eigenvalue weighted by Crippen LogP contribution is -2.09. The van der Waals surface area contributed by atoms with Gasteiger partial charge in [-0.25, -0.2) is 4.79 Å². The van der Waals surface area contributed by atoms with E-state index in [4.69, 9.17) is 4.74 Å². The number of carbonyl (C=O) groups is 1. The first-order valence-corrected chi connectivity index (χ1v) is 9.11. The molecule has 0 bridgehead atoms.